The van der Waals surface area contributed by atoms with E-state index in [4.69, 9.17) is 10.5 Å². The predicted molar refractivity (Wildman–Crippen MR) is 65.6 cm³/mol. The van der Waals surface area contributed by atoms with Crippen LogP contribution in [0, 0.1) is 0 Å². The lowest BCUT2D eigenvalue weighted by Gasteiger charge is -2.34. The minimum Gasteiger partial charge on any atom is -0.378 e. The SMILES string of the molecule is CC(C(=O)N1CCOCC1)N1CCCC1CN. The lowest BCUT2D eigenvalue weighted by molar-refractivity contribution is -0.140. The fraction of sp³-hybridized carbons (Fsp3) is 0.917. The van der Waals surface area contributed by atoms with Crippen LogP contribution in [-0.2, 0) is 9.53 Å². The third-order valence-electron chi connectivity index (χ3n) is 3.87. The largest absolute Gasteiger partial charge is 0.378 e. The molecule has 1 amide bonds. The number of rotatable bonds is 3. The van der Waals surface area contributed by atoms with E-state index >= 15 is 0 Å². The van der Waals surface area contributed by atoms with Crippen LogP contribution in [0.4, 0.5) is 0 Å². The van der Waals surface area contributed by atoms with Crippen LogP contribution < -0.4 is 5.73 Å². The van der Waals surface area contributed by atoms with Gasteiger partial charge in [-0.25, -0.2) is 0 Å². The number of hydrogen-bond donors (Lipinski definition) is 1. The van der Waals surface area contributed by atoms with Crippen LogP contribution in [-0.4, -0.2) is 67.2 Å². The van der Waals surface area contributed by atoms with E-state index in [1.807, 2.05) is 11.8 Å². The first-order chi connectivity index (χ1) is 8.24. The second kappa shape index (κ2) is 5.80. The van der Waals surface area contributed by atoms with Crippen LogP contribution in [0.3, 0.4) is 0 Å². The van der Waals surface area contributed by atoms with Crippen molar-refractivity contribution in [2.24, 2.45) is 5.73 Å². The van der Waals surface area contributed by atoms with Crippen molar-refractivity contribution in [1.29, 1.82) is 0 Å². The van der Waals surface area contributed by atoms with Gasteiger partial charge in [-0.1, -0.05) is 0 Å². The second-order valence-electron chi connectivity index (χ2n) is 4.88. The maximum Gasteiger partial charge on any atom is 0.239 e. The van der Waals surface area contributed by atoms with Crippen molar-refractivity contribution in [3.8, 4) is 0 Å². The van der Waals surface area contributed by atoms with Crippen molar-refractivity contribution in [3.63, 3.8) is 0 Å². The summed E-state index contributed by atoms with van der Waals surface area (Å²) in [5.74, 6) is 0.230. The van der Waals surface area contributed by atoms with E-state index in [2.05, 4.69) is 4.90 Å². The van der Waals surface area contributed by atoms with Gasteiger partial charge in [0.2, 0.25) is 5.91 Å². The molecule has 2 N–H and O–H groups in total. The smallest absolute Gasteiger partial charge is 0.239 e. The highest BCUT2D eigenvalue weighted by atomic mass is 16.5. The Balaban J connectivity index is 1.93. The molecular formula is C12H23N3O2. The van der Waals surface area contributed by atoms with E-state index < -0.39 is 0 Å². The highest BCUT2D eigenvalue weighted by Gasteiger charge is 2.33. The summed E-state index contributed by atoms with van der Waals surface area (Å²) < 4.78 is 5.27. The Hall–Kier alpha value is -0.650. The Labute approximate surface area is 103 Å². The summed E-state index contributed by atoms with van der Waals surface area (Å²) in [4.78, 5) is 16.5. The Morgan fingerprint density at radius 1 is 1.41 bits per heavy atom. The molecule has 2 saturated heterocycles. The predicted octanol–water partition coefficient (Wildman–Crippen LogP) is -0.343. The molecule has 98 valence electrons. The second-order valence-corrected chi connectivity index (χ2v) is 4.88. The first kappa shape index (κ1) is 12.8. The molecule has 0 spiro atoms. The number of amides is 1. The van der Waals surface area contributed by atoms with Gasteiger partial charge in [-0.2, -0.15) is 0 Å². The molecule has 2 fully saturated rings. The van der Waals surface area contributed by atoms with Crippen molar-refractivity contribution in [2.45, 2.75) is 31.8 Å². The molecule has 0 aliphatic carbocycles. The Bertz CT molecular complexity index is 266. The average molecular weight is 241 g/mol. The fourth-order valence-corrected chi connectivity index (χ4v) is 2.81. The van der Waals surface area contributed by atoms with E-state index in [1.165, 1.54) is 0 Å². The molecule has 2 unspecified atom stereocenters. The number of carbonyl (C=O) groups is 1. The van der Waals surface area contributed by atoms with Gasteiger partial charge in [0.1, 0.15) is 0 Å². The number of nitrogens with two attached hydrogens (primary N) is 1. The van der Waals surface area contributed by atoms with Crippen LogP contribution in [0.1, 0.15) is 19.8 Å². The highest BCUT2D eigenvalue weighted by molar-refractivity contribution is 5.81. The van der Waals surface area contributed by atoms with Gasteiger partial charge in [0, 0.05) is 25.7 Å². The number of nitrogens with zero attached hydrogens (tertiary/aromatic N) is 2. The van der Waals surface area contributed by atoms with Crippen LogP contribution in [0.15, 0.2) is 0 Å². The molecule has 2 aliphatic rings. The van der Waals surface area contributed by atoms with Crippen LogP contribution in [0.2, 0.25) is 0 Å². The first-order valence-corrected chi connectivity index (χ1v) is 6.56. The van der Waals surface area contributed by atoms with E-state index in [0.29, 0.717) is 25.8 Å². The Kier molecular flexibility index (Phi) is 4.36. The van der Waals surface area contributed by atoms with Gasteiger partial charge < -0.3 is 15.4 Å². The van der Waals surface area contributed by atoms with E-state index in [-0.39, 0.29) is 11.9 Å². The van der Waals surface area contributed by atoms with Crippen molar-refractivity contribution >= 4 is 5.91 Å². The molecule has 17 heavy (non-hydrogen) atoms. The zero-order chi connectivity index (χ0) is 12.3. The molecule has 0 bridgehead atoms. The van der Waals surface area contributed by atoms with Crippen LogP contribution >= 0.6 is 0 Å². The molecular weight excluding hydrogens is 218 g/mol. The van der Waals surface area contributed by atoms with Crippen molar-refractivity contribution < 1.29 is 9.53 Å². The van der Waals surface area contributed by atoms with Gasteiger partial charge in [-0.3, -0.25) is 9.69 Å². The molecule has 2 rings (SSSR count). The van der Waals surface area contributed by atoms with Crippen molar-refractivity contribution in [1.82, 2.24) is 9.80 Å². The molecule has 5 heteroatoms. The third-order valence-corrected chi connectivity index (χ3v) is 3.87. The summed E-state index contributed by atoms with van der Waals surface area (Å²) in [5, 5.41) is 0. The fourth-order valence-electron chi connectivity index (χ4n) is 2.81. The van der Waals surface area contributed by atoms with Crippen molar-refractivity contribution in [2.75, 3.05) is 39.4 Å². The topological polar surface area (TPSA) is 58.8 Å². The van der Waals surface area contributed by atoms with Gasteiger partial charge in [0.15, 0.2) is 0 Å². The molecule has 5 nitrogen and oxygen atoms in total. The maximum absolute atomic E-state index is 12.3. The minimum absolute atomic E-state index is 0.0378. The molecule has 2 atom stereocenters. The number of hydrogen-bond acceptors (Lipinski definition) is 4. The normalized spacial score (nSPS) is 28.4. The molecule has 0 aromatic rings. The molecule has 2 heterocycles. The Morgan fingerprint density at radius 3 is 2.76 bits per heavy atom. The van der Waals surface area contributed by atoms with Gasteiger partial charge in [0.25, 0.3) is 0 Å². The Morgan fingerprint density at radius 2 is 2.12 bits per heavy atom. The van der Waals surface area contributed by atoms with E-state index in [1.54, 1.807) is 0 Å². The number of likely N-dealkylation sites (tertiary alicyclic amines) is 1. The lowest BCUT2D eigenvalue weighted by atomic mass is 10.1. The molecule has 0 saturated carbocycles. The molecule has 0 aromatic heterocycles. The summed E-state index contributed by atoms with van der Waals surface area (Å²) in [6, 6.07) is 0.346. The van der Waals surface area contributed by atoms with Gasteiger partial charge >= 0.3 is 0 Å². The molecule has 0 radical (unpaired) electrons. The number of morpholine rings is 1. The summed E-state index contributed by atoms with van der Waals surface area (Å²) in [5.41, 5.74) is 5.75. The summed E-state index contributed by atoms with van der Waals surface area (Å²) in [6.45, 7) is 6.44. The zero-order valence-corrected chi connectivity index (χ0v) is 10.6. The average Bonchev–Trinajstić information content (AvgIpc) is 2.86. The monoisotopic (exact) mass is 241 g/mol. The summed E-state index contributed by atoms with van der Waals surface area (Å²) >= 11 is 0. The quantitative estimate of drug-likeness (QED) is 0.734. The van der Waals surface area contributed by atoms with Crippen LogP contribution in [0.25, 0.3) is 0 Å². The molecule has 0 aromatic carbocycles. The summed E-state index contributed by atoms with van der Waals surface area (Å²) in [7, 11) is 0. The number of carbonyl (C=O) groups excluding carboxylic acids is 1. The van der Waals surface area contributed by atoms with Gasteiger partial charge in [-0.05, 0) is 26.3 Å². The van der Waals surface area contributed by atoms with Crippen LogP contribution in [0.5, 0.6) is 0 Å². The zero-order valence-electron chi connectivity index (χ0n) is 10.6. The first-order valence-electron chi connectivity index (χ1n) is 6.56. The summed E-state index contributed by atoms with van der Waals surface area (Å²) in [6.07, 6.45) is 2.28. The van der Waals surface area contributed by atoms with E-state index in [9.17, 15) is 4.79 Å². The number of ether oxygens (including phenoxy) is 1. The standard InChI is InChI=1S/C12H23N3O2/c1-10(15-4-2-3-11(15)9-13)12(16)14-5-7-17-8-6-14/h10-11H,2-9,13H2,1H3. The van der Waals surface area contributed by atoms with Gasteiger partial charge in [0.05, 0.1) is 19.3 Å². The third kappa shape index (κ3) is 2.78. The molecule has 2 aliphatic heterocycles. The van der Waals surface area contributed by atoms with Crippen molar-refractivity contribution in [3.05, 3.63) is 0 Å². The highest BCUT2D eigenvalue weighted by Crippen LogP contribution is 2.20. The van der Waals surface area contributed by atoms with Gasteiger partial charge in [-0.15, -0.1) is 0 Å². The van der Waals surface area contributed by atoms with E-state index in [0.717, 1.165) is 32.5 Å². The maximum atomic E-state index is 12.3. The minimum atomic E-state index is -0.0378. The lowest BCUT2D eigenvalue weighted by Crippen LogP contribution is -2.52.